The fourth-order valence-corrected chi connectivity index (χ4v) is 3.45. The maximum absolute atomic E-state index is 12.7. The Morgan fingerprint density at radius 2 is 1.73 bits per heavy atom. The molecule has 0 aliphatic rings. The van der Waals surface area contributed by atoms with Crippen molar-refractivity contribution in [3.05, 3.63) is 42.5 Å². The number of benzene rings is 2. The number of hydrogen-bond acceptors (Lipinski definition) is 7. The number of ether oxygens (including phenoxy) is 2. The highest BCUT2D eigenvalue weighted by Crippen LogP contribution is 2.36. The van der Waals surface area contributed by atoms with Gasteiger partial charge in [0.2, 0.25) is 0 Å². The summed E-state index contributed by atoms with van der Waals surface area (Å²) in [7, 11) is -1.16. The Hall–Kier alpha value is -2.49. The first-order chi connectivity index (χ1) is 12.4. The average molecular weight is 382 g/mol. The molecule has 0 saturated carbocycles. The molecular formula is C17H22N2O6S. The van der Waals surface area contributed by atoms with Gasteiger partial charge in [-0.2, -0.15) is 0 Å². The lowest BCUT2D eigenvalue weighted by Crippen LogP contribution is -2.23. The van der Waals surface area contributed by atoms with Gasteiger partial charge in [0.25, 0.3) is 10.0 Å². The molecule has 2 aromatic carbocycles. The molecular weight excluding hydrogens is 360 g/mol. The van der Waals surface area contributed by atoms with E-state index < -0.39 is 22.7 Å². The monoisotopic (exact) mass is 382 g/mol. The molecule has 0 amide bonds. The van der Waals surface area contributed by atoms with Crippen LogP contribution in [0.1, 0.15) is 0 Å². The predicted octanol–water partition coefficient (Wildman–Crippen LogP) is 1.27. The fraction of sp³-hybridized carbons (Fsp3) is 0.294. The Morgan fingerprint density at radius 3 is 2.31 bits per heavy atom. The van der Waals surface area contributed by atoms with E-state index in [1.54, 1.807) is 30.3 Å². The quantitative estimate of drug-likeness (QED) is 0.516. The number of hydrogen-bond donors (Lipinski definition) is 4. The van der Waals surface area contributed by atoms with Crippen LogP contribution in [0.5, 0.6) is 11.5 Å². The fourth-order valence-electron chi connectivity index (χ4n) is 2.23. The summed E-state index contributed by atoms with van der Waals surface area (Å²) in [6.07, 6.45) is -0.964. The SMILES string of the molecule is COc1cc(S(=O)(=O)Nc2ccccc2)c(OC)cc1NCC(O)CO. The maximum Gasteiger partial charge on any atom is 0.265 e. The summed E-state index contributed by atoms with van der Waals surface area (Å²) in [5, 5.41) is 21.3. The van der Waals surface area contributed by atoms with Crippen LogP contribution >= 0.6 is 0 Å². The lowest BCUT2D eigenvalue weighted by Gasteiger charge is -2.18. The molecule has 0 bridgehead atoms. The van der Waals surface area contributed by atoms with E-state index in [1.165, 1.54) is 26.4 Å². The van der Waals surface area contributed by atoms with Crippen molar-refractivity contribution in [1.82, 2.24) is 0 Å². The van der Waals surface area contributed by atoms with Gasteiger partial charge in [-0.25, -0.2) is 8.42 Å². The molecule has 2 aromatic rings. The summed E-state index contributed by atoms with van der Waals surface area (Å²) in [4.78, 5) is -0.0889. The highest BCUT2D eigenvalue weighted by atomic mass is 32.2. The van der Waals surface area contributed by atoms with E-state index in [4.69, 9.17) is 14.6 Å². The molecule has 1 atom stereocenters. The largest absolute Gasteiger partial charge is 0.495 e. The molecule has 0 heterocycles. The third-order valence-corrected chi connectivity index (χ3v) is 4.94. The lowest BCUT2D eigenvalue weighted by atomic mass is 10.2. The zero-order valence-electron chi connectivity index (χ0n) is 14.5. The van der Waals surface area contributed by atoms with Crippen LogP contribution in [-0.2, 0) is 10.0 Å². The van der Waals surface area contributed by atoms with E-state index in [1.807, 2.05) is 0 Å². The molecule has 26 heavy (non-hydrogen) atoms. The van der Waals surface area contributed by atoms with Crippen LogP contribution in [0.3, 0.4) is 0 Å². The van der Waals surface area contributed by atoms with Gasteiger partial charge in [0, 0.05) is 24.4 Å². The van der Waals surface area contributed by atoms with Gasteiger partial charge < -0.3 is 25.0 Å². The van der Waals surface area contributed by atoms with Crippen molar-refractivity contribution < 1.29 is 28.1 Å². The average Bonchev–Trinajstić information content (AvgIpc) is 2.65. The summed E-state index contributed by atoms with van der Waals surface area (Å²) in [6.45, 7) is -0.343. The number of aliphatic hydroxyl groups is 2. The summed E-state index contributed by atoms with van der Waals surface area (Å²) in [6, 6.07) is 11.3. The topological polar surface area (TPSA) is 117 Å². The van der Waals surface area contributed by atoms with Crippen molar-refractivity contribution in [2.75, 3.05) is 37.4 Å². The van der Waals surface area contributed by atoms with E-state index >= 15 is 0 Å². The van der Waals surface area contributed by atoms with Crippen molar-refractivity contribution in [3.63, 3.8) is 0 Å². The van der Waals surface area contributed by atoms with E-state index in [2.05, 4.69) is 10.0 Å². The van der Waals surface area contributed by atoms with Gasteiger partial charge in [-0.15, -0.1) is 0 Å². The van der Waals surface area contributed by atoms with Gasteiger partial charge in [0.05, 0.1) is 32.6 Å². The Morgan fingerprint density at radius 1 is 1.08 bits per heavy atom. The van der Waals surface area contributed by atoms with Gasteiger partial charge >= 0.3 is 0 Å². The second kappa shape index (κ2) is 8.75. The van der Waals surface area contributed by atoms with Gasteiger partial charge in [-0.05, 0) is 12.1 Å². The molecule has 0 aromatic heterocycles. The molecule has 4 N–H and O–H groups in total. The normalized spacial score (nSPS) is 12.3. The van der Waals surface area contributed by atoms with Crippen LogP contribution in [0.2, 0.25) is 0 Å². The summed E-state index contributed by atoms with van der Waals surface area (Å²) in [5.74, 6) is 0.361. The third kappa shape index (κ3) is 4.78. The van der Waals surface area contributed by atoms with Gasteiger partial charge in [-0.3, -0.25) is 4.72 Å². The highest BCUT2D eigenvalue weighted by molar-refractivity contribution is 7.92. The lowest BCUT2D eigenvalue weighted by molar-refractivity contribution is 0.105. The smallest absolute Gasteiger partial charge is 0.265 e. The Balaban J connectivity index is 2.38. The number of sulfonamides is 1. The number of aliphatic hydroxyl groups excluding tert-OH is 2. The molecule has 8 nitrogen and oxygen atoms in total. The summed E-state index contributed by atoms with van der Waals surface area (Å²) in [5.41, 5.74) is 0.845. The summed E-state index contributed by atoms with van der Waals surface area (Å²) < 4.78 is 38.4. The Labute approximate surface area is 152 Å². The number of rotatable bonds is 9. The molecule has 1 unspecified atom stereocenters. The van der Waals surface area contributed by atoms with Crippen LogP contribution in [0.15, 0.2) is 47.4 Å². The molecule has 0 saturated heterocycles. The third-order valence-electron chi connectivity index (χ3n) is 3.54. The van der Waals surface area contributed by atoms with E-state index in [-0.39, 0.29) is 22.9 Å². The van der Waals surface area contributed by atoms with E-state index in [0.717, 1.165) is 0 Å². The van der Waals surface area contributed by atoms with Crippen LogP contribution in [0.4, 0.5) is 11.4 Å². The minimum absolute atomic E-state index is 0.0599. The van der Waals surface area contributed by atoms with Crippen molar-refractivity contribution in [2.45, 2.75) is 11.0 Å². The predicted molar refractivity (Wildman–Crippen MR) is 98.4 cm³/mol. The van der Waals surface area contributed by atoms with Crippen LogP contribution < -0.4 is 19.5 Å². The first-order valence-corrected chi connectivity index (χ1v) is 9.26. The first-order valence-electron chi connectivity index (χ1n) is 7.78. The molecule has 2 rings (SSSR count). The van der Waals surface area contributed by atoms with Crippen LogP contribution in [0.25, 0.3) is 0 Å². The Bertz CT molecular complexity index is 827. The van der Waals surface area contributed by atoms with Crippen molar-refractivity contribution >= 4 is 21.4 Å². The highest BCUT2D eigenvalue weighted by Gasteiger charge is 2.23. The number of methoxy groups -OCH3 is 2. The van der Waals surface area contributed by atoms with Crippen molar-refractivity contribution in [1.29, 1.82) is 0 Å². The second-order valence-electron chi connectivity index (χ2n) is 5.39. The number of anilines is 2. The molecule has 0 aliphatic heterocycles. The Kier molecular flexibility index (Phi) is 6.67. The summed E-state index contributed by atoms with van der Waals surface area (Å²) >= 11 is 0. The minimum Gasteiger partial charge on any atom is -0.495 e. The zero-order chi connectivity index (χ0) is 19.2. The van der Waals surface area contributed by atoms with Gasteiger partial charge in [0.1, 0.15) is 16.4 Å². The first kappa shape index (κ1) is 19.8. The molecule has 0 aliphatic carbocycles. The van der Waals surface area contributed by atoms with Gasteiger partial charge in [0.15, 0.2) is 0 Å². The molecule has 0 radical (unpaired) electrons. The minimum atomic E-state index is -3.91. The van der Waals surface area contributed by atoms with Crippen LogP contribution in [0, 0.1) is 0 Å². The maximum atomic E-state index is 12.7. The molecule has 0 fully saturated rings. The van der Waals surface area contributed by atoms with E-state index in [9.17, 15) is 13.5 Å². The van der Waals surface area contributed by atoms with Crippen LogP contribution in [-0.4, -0.2) is 52.1 Å². The van der Waals surface area contributed by atoms with E-state index in [0.29, 0.717) is 11.4 Å². The molecule has 9 heteroatoms. The molecule has 0 spiro atoms. The van der Waals surface area contributed by atoms with Crippen molar-refractivity contribution in [3.8, 4) is 11.5 Å². The molecule has 142 valence electrons. The van der Waals surface area contributed by atoms with Gasteiger partial charge in [-0.1, -0.05) is 18.2 Å². The number of para-hydroxylation sites is 1. The standard InChI is InChI=1S/C17H22N2O6S/c1-24-15-9-17(26(22,23)19-12-6-4-3-5-7-12)16(25-2)8-14(15)18-10-13(21)11-20/h3-9,13,18-21H,10-11H2,1-2H3. The van der Waals surface area contributed by atoms with Crippen molar-refractivity contribution in [2.24, 2.45) is 0 Å². The number of nitrogens with one attached hydrogen (secondary N) is 2. The second-order valence-corrected chi connectivity index (χ2v) is 7.04. The zero-order valence-corrected chi connectivity index (χ0v) is 15.3.